The summed E-state index contributed by atoms with van der Waals surface area (Å²) in [6, 6.07) is 9.77. The third-order valence-corrected chi connectivity index (χ3v) is 3.18. The van der Waals surface area contributed by atoms with E-state index in [4.69, 9.17) is 0 Å². The van der Waals surface area contributed by atoms with Gasteiger partial charge in [0.05, 0.1) is 0 Å². The van der Waals surface area contributed by atoms with Crippen molar-refractivity contribution in [2.24, 2.45) is 0 Å². The maximum atomic E-state index is 9.83. The van der Waals surface area contributed by atoms with Gasteiger partial charge in [0.2, 0.25) is 0 Å². The Bertz CT molecular complexity index is 330. The molecule has 2 rings (SSSR count). The molecule has 5 N–H and O–H groups in total. The molecule has 0 unspecified atom stereocenters. The molecule has 4 nitrogen and oxygen atoms in total. The summed E-state index contributed by atoms with van der Waals surface area (Å²) in [4.78, 5) is 0. The molecule has 0 bridgehead atoms. The number of rotatable bonds is 2. The first-order chi connectivity index (χ1) is 7.68. The molecule has 1 aromatic carbocycles. The van der Waals surface area contributed by atoms with Crippen LogP contribution in [0.15, 0.2) is 30.3 Å². The van der Waals surface area contributed by atoms with Gasteiger partial charge >= 0.3 is 0 Å². The fraction of sp³-hybridized carbons (Fsp3) is 0.500. The average Bonchev–Trinajstić information content (AvgIpc) is 2.31. The van der Waals surface area contributed by atoms with E-state index >= 15 is 0 Å². The lowest BCUT2D eigenvalue weighted by atomic mass is 9.91. The Morgan fingerprint density at radius 2 is 1.75 bits per heavy atom. The number of aliphatic hydroxyl groups excluding tert-OH is 3. The van der Waals surface area contributed by atoms with Crippen molar-refractivity contribution in [2.45, 2.75) is 30.8 Å². The second kappa shape index (κ2) is 4.93. The molecule has 0 radical (unpaired) electrons. The summed E-state index contributed by atoms with van der Waals surface area (Å²) in [5.74, 6) is 0. The summed E-state index contributed by atoms with van der Waals surface area (Å²) in [6.07, 6.45) is -2.03. The van der Waals surface area contributed by atoms with E-state index in [1.165, 1.54) is 0 Å². The van der Waals surface area contributed by atoms with Crippen molar-refractivity contribution in [1.82, 2.24) is 0 Å². The van der Waals surface area contributed by atoms with Crippen LogP contribution in [0.4, 0.5) is 0 Å². The van der Waals surface area contributed by atoms with Crippen LogP contribution in [-0.2, 0) is 6.42 Å². The summed E-state index contributed by atoms with van der Waals surface area (Å²) in [7, 11) is 0. The molecule has 1 aliphatic rings. The van der Waals surface area contributed by atoms with Crippen LogP contribution in [0.1, 0.15) is 5.56 Å². The Kier molecular flexibility index (Phi) is 3.56. The molecule has 0 amide bonds. The third kappa shape index (κ3) is 2.41. The quantitative estimate of drug-likeness (QED) is 0.481. The molecule has 0 saturated carbocycles. The fourth-order valence-electron chi connectivity index (χ4n) is 2.16. The van der Waals surface area contributed by atoms with Crippen molar-refractivity contribution >= 4 is 0 Å². The van der Waals surface area contributed by atoms with E-state index in [2.05, 4.69) is 0 Å². The number of hydrogen-bond donors (Lipinski definition) is 4. The number of aliphatic hydroxyl groups is 3. The van der Waals surface area contributed by atoms with Crippen molar-refractivity contribution in [3.8, 4) is 0 Å². The molecule has 88 valence electrons. The summed E-state index contributed by atoms with van der Waals surface area (Å²) in [5.41, 5.74) is 1.13. The van der Waals surface area contributed by atoms with E-state index in [0.29, 0.717) is 13.0 Å². The van der Waals surface area contributed by atoms with Gasteiger partial charge in [0, 0.05) is 6.42 Å². The zero-order valence-corrected chi connectivity index (χ0v) is 9.03. The first-order valence-corrected chi connectivity index (χ1v) is 5.60. The van der Waals surface area contributed by atoms with E-state index < -0.39 is 18.3 Å². The van der Waals surface area contributed by atoms with Gasteiger partial charge in [0.15, 0.2) is 0 Å². The maximum Gasteiger partial charge on any atom is 0.134 e. The minimum atomic E-state index is -1.03. The zero-order chi connectivity index (χ0) is 11.5. The largest absolute Gasteiger partial charge is 0.387 e. The number of piperidine rings is 1. The van der Waals surface area contributed by atoms with Gasteiger partial charge in [-0.3, -0.25) is 0 Å². The highest BCUT2D eigenvalue weighted by Crippen LogP contribution is 2.10. The van der Waals surface area contributed by atoms with Crippen LogP contribution >= 0.6 is 0 Å². The second-order valence-corrected chi connectivity index (χ2v) is 4.37. The fourth-order valence-corrected chi connectivity index (χ4v) is 2.16. The standard InChI is InChI=1S/C12H17NO3/c14-10-7-13-9(11(15)12(10)16)6-8-4-2-1-3-5-8/h1-5,9-16H,6-7H2/p+1/t9-,10+,11+,12-/m0/s1. The highest BCUT2D eigenvalue weighted by molar-refractivity contribution is 5.16. The molecule has 1 heterocycles. The highest BCUT2D eigenvalue weighted by atomic mass is 16.4. The van der Waals surface area contributed by atoms with Crippen LogP contribution in [0.25, 0.3) is 0 Å². The molecular weight excluding hydrogens is 206 g/mol. The van der Waals surface area contributed by atoms with Crippen molar-refractivity contribution < 1.29 is 20.6 Å². The first-order valence-electron chi connectivity index (χ1n) is 5.60. The van der Waals surface area contributed by atoms with Gasteiger partial charge in [0.25, 0.3) is 0 Å². The molecule has 1 aliphatic heterocycles. The van der Waals surface area contributed by atoms with E-state index in [-0.39, 0.29) is 6.04 Å². The molecule has 4 atom stereocenters. The lowest BCUT2D eigenvalue weighted by molar-refractivity contribution is -0.715. The van der Waals surface area contributed by atoms with Gasteiger partial charge in [-0.15, -0.1) is 0 Å². The van der Waals surface area contributed by atoms with E-state index in [0.717, 1.165) is 5.56 Å². The molecule has 1 fully saturated rings. The first kappa shape index (κ1) is 11.5. The normalized spacial score (nSPS) is 34.9. The van der Waals surface area contributed by atoms with E-state index in [9.17, 15) is 15.3 Å². The Hall–Kier alpha value is -0.940. The minimum Gasteiger partial charge on any atom is -0.387 e. The van der Waals surface area contributed by atoms with Crippen LogP contribution in [-0.4, -0.2) is 46.2 Å². The topological polar surface area (TPSA) is 77.3 Å². The van der Waals surface area contributed by atoms with Crippen LogP contribution < -0.4 is 5.32 Å². The highest BCUT2D eigenvalue weighted by Gasteiger charge is 2.39. The molecule has 4 heteroatoms. The monoisotopic (exact) mass is 224 g/mol. The van der Waals surface area contributed by atoms with Crippen LogP contribution in [0, 0.1) is 0 Å². The van der Waals surface area contributed by atoms with E-state index in [1.54, 1.807) is 0 Å². The van der Waals surface area contributed by atoms with Crippen molar-refractivity contribution in [1.29, 1.82) is 0 Å². The van der Waals surface area contributed by atoms with Crippen molar-refractivity contribution in [3.05, 3.63) is 35.9 Å². The SMILES string of the molecule is O[C@@H]1[C@H](O)[C@H](Cc2ccccc2)[NH2+]C[C@H]1O. The van der Waals surface area contributed by atoms with Gasteiger partial charge in [0.1, 0.15) is 30.9 Å². The molecule has 1 saturated heterocycles. The molecule has 0 spiro atoms. The zero-order valence-electron chi connectivity index (χ0n) is 9.03. The number of nitrogens with two attached hydrogens (primary N) is 1. The maximum absolute atomic E-state index is 9.83. The lowest BCUT2D eigenvalue weighted by Gasteiger charge is -2.33. The molecular formula is C12H18NO3+. The number of benzene rings is 1. The summed E-state index contributed by atoms with van der Waals surface area (Å²) in [5, 5.41) is 30.7. The molecule has 0 aliphatic carbocycles. The Morgan fingerprint density at radius 3 is 2.44 bits per heavy atom. The van der Waals surface area contributed by atoms with Gasteiger partial charge in [-0.1, -0.05) is 30.3 Å². The summed E-state index contributed by atoms with van der Waals surface area (Å²) >= 11 is 0. The summed E-state index contributed by atoms with van der Waals surface area (Å²) in [6.45, 7) is 0.440. The smallest absolute Gasteiger partial charge is 0.134 e. The Morgan fingerprint density at radius 1 is 1.06 bits per heavy atom. The lowest BCUT2D eigenvalue weighted by Crippen LogP contribution is -2.98. The van der Waals surface area contributed by atoms with Crippen LogP contribution in [0.3, 0.4) is 0 Å². The number of hydrogen-bond acceptors (Lipinski definition) is 3. The molecule has 1 aromatic rings. The van der Waals surface area contributed by atoms with Gasteiger partial charge in [-0.2, -0.15) is 0 Å². The summed E-state index contributed by atoms with van der Waals surface area (Å²) < 4.78 is 0. The molecule has 16 heavy (non-hydrogen) atoms. The average molecular weight is 224 g/mol. The Labute approximate surface area is 94.5 Å². The van der Waals surface area contributed by atoms with E-state index in [1.807, 2.05) is 35.6 Å². The predicted octanol–water partition coefficient (Wildman–Crippen LogP) is -1.74. The predicted molar refractivity (Wildman–Crippen MR) is 58.7 cm³/mol. The Balaban J connectivity index is 2.00. The van der Waals surface area contributed by atoms with Crippen LogP contribution in [0.5, 0.6) is 0 Å². The van der Waals surface area contributed by atoms with Crippen molar-refractivity contribution in [2.75, 3.05) is 6.54 Å². The third-order valence-electron chi connectivity index (χ3n) is 3.18. The molecule has 0 aromatic heterocycles. The van der Waals surface area contributed by atoms with Gasteiger partial charge < -0.3 is 20.6 Å². The van der Waals surface area contributed by atoms with Gasteiger partial charge in [-0.25, -0.2) is 0 Å². The van der Waals surface area contributed by atoms with Crippen LogP contribution in [0.2, 0.25) is 0 Å². The van der Waals surface area contributed by atoms with Crippen molar-refractivity contribution in [3.63, 3.8) is 0 Å². The number of quaternary nitrogens is 1. The van der Waals surface area contributed by atoms with Gasteiger partial charge in [-0.05, 0) is 5.56 Å². The minimum absolute atomic E-state index is 0.0826. The second-order valence-electron chi connectivity index (χ2n) is 4.37.